The van der Waals surface area contributed by atoms with Crippen LogP contribution >= 0.6 is 0 Å². The van der Waals surface area contributed by atoms with Crippen LogP contribution in [0.3, 0.4) is 0 Å². The van der Waals surface area contributed by atoms with Crippen molar-refractivity contribution >= 4 is 21.6 Å². The van der Waals surface area contributed by atoms with Crippen LogP contribution in [-0.2, 0) is 21.2 Å². The standard InChI is InChI=1S/C16H18N2O4S/c1-22-14-7-2-12(3-8-14)4-11-16(19)18-13-5-9-15(10-6-13)23(17,20)21/h2-3,5-10H,4,11H2,1H3,(H,18,19)(H2,17,20,21). The minimum atomic E-state index is -3.72. The maximum Gasteiger partial charge on any atom is 0.238 e. The van der Waals surface area contributed by atoms with E-state index in [9.17, 15) is 13.2 Å². The number of methoxy groups -OCH3 is 1. The highest BCUT2D eigenvalue weighted by molar-refractivity contribution is 7.89. The van der Waals surface area contributed by atoms with Crippen molar-refractivity contribution in [1.29, 1.82) is 0 Å². The number of amides is 1. The van der Waals surface area contributed by atoms with E-state index >= 15 is 0 Å². The third-order valence-electron chi connectivity index (χ3n) is 3.27. The Kier molecular flexibility index (Phi) is 5.36. The lowest BCUT2D eigenvalue weighted by Crippen LogP contribution is -2.14. The van der Waals surface area contributed by atoms with Gasteiger partial charge in [-0.15, -0.1) is 0 Å². The summed E-state index contributed by atoms with van der Waals surface area (Å²) in [6.45, 7) is 0. The SMILES string of the molecule is COc1ccc(CCC(=O)Nc2ccc(S(N)(=O)=O)cc2)cc1. The summed E-state index contributed by atoms with van der Waals surface area (Å²) in [5.74, 6) is 0.623. The van der Waals surface area contributed by atoms with Crippen molar-refractivity contribution in [3.63, 3.8) is 0 Å². The smallest absolute Gasteiger partial charge is 0.238 e. The number of hydrogen-bond acceptors (Lipinski definition) is 4. The molecular weight excluding hydrogens is 316 g/mol. The van der Waals surface area contributed by atoms with Crippen LogP contribution in [0.4, 0.5) is 5.69 Å². The van der Waals surface area contributed by atoms with Crippen LogP contribution in [0.15, 0.2) is 53.4 Å². The normalized spacial score (nSPS) is 11.0. The molecule has 0 fully saturated rings. The van der Waals surface area contributed by atoms with E-state index < -0.39 is 10.0 Å². The van der Waals surface area contributed by atoms with Crippen molar-refractivity contribution < 1.29 is 17.9 Å². The molecule has 2 aromatic rings. The van der Waals surface area contributed by atoms with Crippen molar-refractivity contribution in [2.75, 3.05) is 12.4 Å². The summed E-state index contributed by atoms with van der Waals surface area (Å²) < 4.78 is 27.4. The molecular formula is C16H18N2O4S. The van der Waals surface area contributed by atoms with Gasteiger partial charge in [0.15, 0.2) is 0 Å². The molecule has 0 aromatic heterocycles. The lowest BCUT2D eigenvalue weighted by atomic mass is 10.1. The van der Waals surface area contributed by atoms with Crippen molar-refractivity contribution in [3.05, 3.63) is 54.1 Å². The Balaban J connectivity index is 1.89. The monoisotopic (exact) mass is 334 g/mol. The molecule has 0 aliphatic heterocycles. The zero-order chi connectivity index (χ0) is 16.9. The summed E-state index contributed by atoms with van der Waals surface area (Å²) in [5, 5.41) is 7.73. The van der Waals surface area contributed by atoms with E-state index in [-0.39, 0.29) is 10.8 Å². The van der Waals surface area contributed by atoms with Gasteiger partial charge >= 0.3 is 0 Å². The number of ether oxygens (including phenoxy) is 1. The molecule has 1 amide bonds. The molecule has 0 bridgehead atoms. The molecule has 2 rings (SSSR count). The van der Waals surface area contributed by atoms with Crippen LogP contribution < -0.4 is 15.2 Å². The van der Waals surface area contributed by atoms with Gasteiger partial charge in [0.1, 0.15) is 5.75 Å². The van der Waals surface area contributed by atoms with E-state index in [0.717, 1.165) is 11.3 Å². The third-order valence-corrected chi connectivity index (χ3v) is 4.20. The van der Waals surface area contributed by atoms with Crippen LogP contribution in [-0.4, -0.2) is 21.4 Å². The lowest BCUT2D eigenvalue weighted by molar-refractivity contribution is -0.116. The number of carbonyl (C=O) groups is 1. The highest BCUT2D eigenvalue weighted by Gasteiger charge is 2.08. The Bertz CT molecular complexity index is 769. The van der Waals surface area contributed by atoms with Crippen LogP contribution in [0.2, 0.25) is 0 Å². The fraction of sp³-hybridized carbons (Fsp3) is 0.188. The van der Waals surface area contributed by atoms with Crippen LogP contribution in [0.5, 0.6) is 5.75 Å². The first-order valence-electron chi connectivity index (χ1n) is 6.94. The maximum atomic E-state index is 11.9. The van der Waals surface area contributed by atoms with Gasteiger partial charge < -0.3 is 10.1 Å². The lowest BCUT2D eigenvalue weighted by Gasteiger charge is -2.07. The molecule has 0 radical (unpaired) electrons. The number of anilines is 1. The molecule has 0 spiro atoms. The van der Waals surface area contributed by atoms with E-state index in [1.807, 2.05) is 24.3 Å². The predicted octanol–water partition coefficient (Wildman–Crippen LogP) is 1.91. The molecule has 2 aromatic carbocycles. The van der Waals surface area contributed by atoms with Gasteiger partial charge in [-0.1, -0.05) is 12.1 Å². The maximum absolute atomic E-state index is 11.9. The largest absolute Gasteiger partial charge is 0.497 e. The van der Waals surface area contributed by atoms with E-state index in [0.29, 0.717) is 18.5 Å². The summed E-state index contributed by atoms with van der Waals surface area (Å²) in [6, 6.07) is 13.2. The van der Waals surface area contributed by atoms with Crippen molar-refractivity contribution in [2.24, 2.45) is 5.14 Å². The number of benzene rings is 2. The van der Waals surface area contributed by atoms with Crippen LogP contribution in [0.1, 0.15) is 12.0 Å². The average Bonchev–Trinajstić information content (AvgIpc) is 2.53. The molecule has 6 nitrogen and oxygen atoms in total. The Hall–Kier alpha value is -2.38. The number of nitrogens with two attached hydrogens (primary N) is 1. The Labute approximate surface area is 135 Å². The number of rotatable bonds is 6. The van der Waals surface area contributed by atoms with Crippen LogP contribution in [0.25, 0.3) is 0 Å². The third kappa shape index (κ3) is 5.08. The zero-order valence-corrected chi connectivity index (χ0v) is 13.5. The van der Waals surface area contributed by atoms with E-state index in [1.54, 1.807) is 7.11 Å². The summed E-state index contributed by atoms with van der Waals surface area (Å²) >= 11 is 0. The minimum Gasteiger partial charge on any atom is -0.497 e. The van der Waals surface area contributed by atoms with E-state index in [4.69, 9.17) is 9.88 Å². The average molecular weight is 334 g/mol. The van der Waals surface area contributed by atoms with E-state index in [1.165, 1.54) is 24.3 Å². The molecule has 0 heterocycles. The molecule has 0 saturated heterocycles. The molecule has 0 atom stereocenters. The first-order valence-corrected chi connectivity index (χ1v) is 8.49. The second-order valence-corrected chi connectivity index (χ2v) is 6.53. The van der Waals surface area contributed by atoms with Crippen LogP contribution in [0, 0.1) is 0 Å². The number of primary sulfonamides is 1. The van der Waals surface area contributed by atoms with Crippen molar-refractivity contribution in [1.82, 2.24) is 0 Å². The fourth-order valence-electron chi connectivity index (χ4n) is 2.00. The number of hydrogen-bond donors (Lipinski definition) is 2. The van der Waals surface area contributed by atoms with Gasteiger partial charge in [0.2, 0.25) is 15.9 Å². The minimum absolute atomic E-state index is 0.00809. The molecule has 3 N–H and O–H groups in total. The second kappa shape index (κ2) is 7.26. The van der Waals surface area contributed by atoms with Gasteiger partial charge in [0.25, 0.3) is 0 Å². The number of sulfonamides is 1. The first kappa shape index (κ1) is 17.0. The number of aryl methyl sites for hydroxylation is 1. The van der Waals surface area contributed by atoms with Gasteiger partial charge in [-0.3, -0.25) is 4.79 Å². The summed E-state index contributed by atoms with van der Waals surface area (Å²) in [7, 11) is -2.12. The summed E-state index contributed by atoms with van der Waals surface area (Å²) in [5.41, 5.74) is 1.56. The van der Waals surface area contributed by atoms with Crippen molar-refractivity contribution in [2.45, 2.75) is 17.7 Å². The zero-order valence-electron chi connectivity index (χ0n) is 12.7. The van der Waals surface area contributed by atoms with Gasteiger partial charge in [-0.05, 0) is 48.4 Å². The van der Waals surface area contributed by atoms with Gasteiger partial charge in [0.05, 0.1) is 12.0 Å². The topological polar surface area (TPSA) is 98.5 Å². The molecule has 7 heteroatoms. The van der Waals surface area contributed by atoms with Gasteiger partial charge in [-0.2, -0.15) is 0 Å². The molecule has 122 valence electrons. The summed E-state index contributed by atoms with van der Waals surface area (Å²) in [6.07, 6.45) is 0.925. The Morgan fingerprint density at radius 2 is 1.70 bits per heavy atom. The fourth-order valence-corrected chi connectivity index (χ4v) is 2.52. The summed E-state index contributed by atoms with van der Waals surface area (Å²) in [4.78, 5) is 11.9. The molecule has 0 saturated carbocycles. The van der Waals surface area contributed by atoms with Gasteiger partial charge in [-0.25, -0.2) is 13.6 Å². The second-order valence-electron chi connectivity index (χ2n) is 4.97. The van der Waals surface area contributed by atoms with E-state index in [2.05, 4.69) is 5.32 Å². The van der Waals surface area contributed by atoms with Gasteiger partial charge in [0, 0.05) is 12.1 Å². The number of nitrogens with one attached hydrogen (secondary N) is 1. The Morgan fingerprint density at radius 1 is 1.09 bits per heavy atom. The molecule has 0 aliphatic carbocycles. The van der Waals surface area contributed by atoms with Crippen molar-refractivity contribution in [3.8, 4) is 5.75 Å². The number of carbonyl (C=O) groups excluding carboxylic acids is 1. The highest BCUT2D eigenvalue weighted by Crippen LogP contribution is 2.15. The predicted molar refractivity (Wildman–Crippen MR) is 87.8 cm³/mol. The molecule has 0 unspecified atom stereocenters. The quantitative estimate of drug-likeness (QED) is 0.843. The molecule has 0 aliphatic rings. The first-order chi connectivity index (χ1) is 10.9. The molecule has 23 heavy (non-hydrogen) atoms. The highest BCUT2D eigenvalue weighted by atomic mass is 32.2. The Morgan fingerprint density at radius 3 is 2.22 bits per heavy atom.